The Morgan fingerprint density at radius 3 is 2.76 bits per heavy atom. The minimum absolute atomic E-state index is 0.0720. The van der Waals surface area contributed by atoms with Crippen molar-refractivity contribution in [1.82, 2.24) is 24.6 Å². The molecule has 0 spiro atoms. The lowest BCUT2D eigenvalue weighted by molar-refractivity contribution is 0.0682. The van der Waals surface area contributed by atoms with E-state index >= 15 is 0 Å². The van der Waals surface area contributed by atoms with Gasteiger partial charge in [0.05, 0.1) is 12.1 Å². The highest BCUT2D eigenvalue weighted by atomic mass is 16.5. The smallest absolute Gasteiger partial charge is 0.254 e. The van der Waals surface area contributed by atoms with Gasteiger partial charge in [0.2, 0.25) is 5.56 Å². The summed E-state index contributed by atoms with van der Waals surface area (Å²) in [7, 11) is 3.48. The van der Waals surface area contributed by atoms with Crippen LogP contribution < -0.4 is 5.56 Å². The molecule has 2 aromatic heterocycles. The van der Waals surface area contributed by atoms with Crippen LogP contribution in [0.15, 0.2) is 23.3 Å². The topological polar surface area (TPSA) is 93.1 Å². The van der Waals surface area contributed by atoms with Crippen molar-refractivity contribution in [2.45, 2.75) is 38.3 Å². The predicted molar refractivity (Wildman–Crippen MR) is 91.3 cm³/mol. The molecule has 2 aromatic rings. The molecule has 1 amide bonds. The molecule has 1 N–H and O–H groups in total. The van der Waals surface area contributed by atoms with Crippen LogP contribution in [0.2, 0.25) is 0 Å². The second-order valence-corrected chi connectivity index (χ2v) is 6.71. The van der Waals surface area contributed by atoms with E-state index in [2.05, 4.69) is 15.2 Å². The zero-order valence-corrected chi connectivity index (χ0v) is 14.9. The molecular formula is C17H23N5O3. The van der Waals surface area contributed by atoms with Gasteiger partial charge in [0.25, 0.3) is 5.91 Å². The Morgan fingerprint density at radius 1 is 1.40 bits per heavy atom. The number of ether oxygens (including phenoxy) is 1. The van der Waals surface area contributed by atoms with Crippen LogP contribution in [-0.2, 0) is 11.8 Å². The third kappa shape index (κ3) is 3.34. The second kappa shape index (κ2) is 6.79. The number of aromatic nitrogens is 4. The summed E-state index contributed by atoms with van der Waals surface area (Å²) < 4.78 is 7.27. The third-order valence-electron chi connectivity index (χ3n) is 4.64. The number of methoxy groups -OCH3 is 1. The van der Waals surface area contributed by atoms with Crippen molar-refractivity contribution in [1.29, 1.82) is 0 Å². The molecule has 1 saturated heterocycles. The summed E-state index contributed by atoms with van der Waals surface area (Å²) in [6.07, 6.45) is 2.19. The van der Waals surface area contributed by atoms with Crippen LogP contribution in [0.4, 0.5) is 0 Å². The Balaban J connectivity index is 1.97. The molecule has 8 nitrogen and oxygen atoms in total. The first-order valence-corrected chi connectivity index (χ1v) is 8.32. The minimum Gasteiger partial charge on any atom is -0.380 e. The number of nitrogens with one attached hydrogen (secondary N) is 1. The molecule has 8 heteroatoms. The average Bonchev–Trinajstić information content (AvgIpc) is 3.19. The molecule has 3 rings (SSSR count). The van der Waals surface area contributed by atoms with Gasteiger partial charge in [0, 0.05) is 44.4 Å². The molecule has 0 bridgehead atoms. The molecule has 2 atom stereocenters. The van der Waals surface area contributed by atoms with Crippen LogP contribution in [-0.4, -0.2) is 50.3 Å². The number of carbonyl (C=O) groups excluding carboxylic acids is 1. The average molecular weight is 345 g/mol. The number of hydrogen-bond acceptors (Lipinski definition) is 5. The summed E-state index contributed by atoms with van der Waals surface area (Å²) in [5.41, 5.74) is 0.858. The Labute approximate surface area is 145 Å². The van der Waals surface area contributed by atoms with E-state index in [1.54, 1.807) is 29.0 Å². The van der Waals surface area contributed by atoms with Crippen LogP contribution >= 0.6 is 0 Å². The maximum atomic E-state index is 13.1. The van der Waals surface area contributed by atoms with Gasteiger partial charge in [-0.05, 0) is 12.0 Å². The van der Waals surface area contributed by atoms with Crippen molar-refractivity contribution >= 4 is 5.91 Å². The standard InChI is InChI=1S/C17H23N5O3/c1-10(2)13-5-11(6-15(23)19-13)17(24)22-8-12(25-4)7-14(22)16-20-18-9-21(16)3/h5-6,9-10,12,14H,7-8H2,1-4H3,(H,19,23)/t12-,14+/m1/s1. The highest BCUT2D eigenvalue weighted by Gasteiger charge is 2.39. The van der Waals surface area contributed by atoms with Crippen molar-refractivity contribution in [2.75, 3.05) is 13.7 Å². The molecule has 0 radical (unpaired) electrons. The Kier molecular flexibility index (Phi) is 4.71. The van der Waals surface area contributed by atoms with Crippen LogP contribution in [0.25, 0.3) is 0 Å². The fourth-order valence-corrected chi connectivity index (χ4v) is 3.20. The van der Waals surface area contributed by atoms with Crippen LogP contribution in [0.3, 0.4) is 0 Å². The van der Waals surface area contributed by atoms with E-state index in [4.69, 9.17) is 4.74 Å². The van der Waals surface area contributed by atoms with Gasteiger partial charge in [0.15, 0.2) is 5.82 Å². The van der Waals surface area contributed by atoms with E-state index in [9.17, 15) is 9.59 Å². The largest absolute Gasteiger partial charge is 0.380 e. The number of hydrogen-bond donors (Lipinski definition) is 1. The molecule has 0 aromatic carbocycles. The van der Waals surface area contributed by atoms with Crippen molar-refractivity contribution in [3.63, 3.8) is 0 Å². The van der Waals surface area contributed by atoms with Gasteiger partial charge < -0.3 is 19.2 Å². The first kappa shape index (κ1) is 17.3. The lowest BCUT2D eigenvalue weighted by atomic mass is 10.1. The number of H-pyrrole nitrogens is 1. The van der Waals surface area contributed by atoms with Crippen LogP contribution in [0, 0.1) is 0 Å². The van der Waals surface area contributed by atoms with Gasteiger partial charge >= 0.3 is 0 Å². The number of pyridine rings is 1. The zero-order valence-electron chi connectivity index (χ0n) is 14.9. The number of aryl methyl sites for hydroxylation is 1. The quantitative estimate of drug-likeness (QED) is 0.899. The fraction of sp³-hybridized carbons (Fsp3) is 0.529. The first-order chi connectivity index (χ1) is 11.9. The fourth-order valence-electron chi connectivity index (χ4n) is 3.20. The highest BCUT2D eigenvalue weighted by Crippen LogP contribution is 2.33. The maximum absolute atomic E-state index is 13.1. The van der Waals surface area contributed by atoms with E-state index < -0.39 is 0 Å². The van der Waals surface area contributed by atoms with Crippen molar-refractivity contribution in [3.05, 3.63) is 45.9 Å². The third-order valence-corrected chi connectivity index (χ3v) is 4.64. The van der Waals surface area contributed by atoms with Crippen LogP contribution in [0.1, 0.15) is 54.1 Å². The van der Waals surface area contributed by atoms with E-state index in [1.807, 2.05) is 20.9 Å². The number of carbonyl (C=O) groups is 1. The lowest BCUT2D eigenvalue weighted by Gasteiger charge is -2.24. The van der Waals surface area contributed by atoms with Gasteiger partial charge in [-0.1, -0.05) is 13.8 Å². The molecule has 0 aliphatic carbocycles. The molecule has 134 valence electrons. The second-order valence-electron chi connectivity index (χ2n) is 6.71. The summed E-state index contributed by atoms with van der Waals surface area (Å²) in [5.74, 6) is 0.641. The highest BCUT2D eigenvalue weighted by molar-refractivity contribution is 5.94. The molecule has 1 aliphatic rings. The van der Waals surface area contributed by atoms with E-state index in [1.165, 1.54) is 6.07 Å². The summed E-state index contributed by atoms with van der Waals surface area (Å²) >= 11 is 0. The molecule has 0 saturated carbocycles. The summed E-state index contributed by atoms with van der Waals surface area (Å²) in [6.45, 7) is 4.40. The Hall–Kier alpha value is -2.48. The Morgan fingerprint density at radius 2 is 2.16 bits per heavy atom. The first-order valence-electron chi connectivity index (χ1n) is 8.32. The van der Waals surface area contributed by atoms with E-state index in [-0.39, 0.29) is 29.5 Å². The zero-order chi connectivity index (χ0) is 18.1. The van der Waals surface area contributed by atoms with Crippen LogP contribution in [0.5, 0.6) is 0 Å². The van der Waals surface area contributed by atoms with Gasteiger partial charge in [-0.3, -0.25) is 9.59 Å². The van der Waals surface area contributed by atoms with Gasteiger partial charge in [0.1, 0.15) is 6.33 Å². The molecule has 1 fully saturated rings. The van der Waals surface area contributed by atoms with Gasteiger partial charge in [-0.25, -0.2) is 0 Å². The number of nitrogens with zero attached hydrogens (tertiary/aromatic N) is 4. The molecular weight excluding hydrogens is 322 g/mol. The summed E-state index contributed by atoms with van der Waals surface area (Å²) in [6, 6.07) is 2.87. The molecule has 0 unspecified atom stereocenters. The molecule has 25 heavy (non-hydrogen) atoms. The number of aromatic amines is 1. The molecule has 1 aliphatic heterocycles. The number of amides is 1. The van der Waals surface area contributed by atoms with Crippen molar-refractivity contribution in [3.8, 4) is 0 Å². The summed E-state index contributed by atoms with van der Waals surface area (Å²) in [5, 5.41) is 8.07. The lowest BCUT2D eigenvalue weighted by Crippen LogP contribution is -2.33. The molecule has 3 heterocycles. The monoisotopic (exact) mass is 345 g/mol. The number of likely N-dealkylation sites (tertiary alicyclic amines) is 1. The predicted octanol–water partition coefficient (Wildman–Crippen LogP) is 1.23. The van der Waals surface area contributed by atoms with Gasteiger partial charge in [-0.15, -0.1) is 10.2 Å². The van der Waals surface area contributed by atoms with E-state index in [0.717, 1.165) is 5.69 Å². The number of rotatable bonds is 4. The van der Waals surface area contributed by atoms with E-state index in [0.29, 0.717) is 24.4 Å². The van der Waals surface area contributed by atoms with Crippen molar-refractivity contribution < 1.29 is 9.53 Å². The minimum atomic E-state index is -0.271. The summed E-state index contributed by atoms with van der Waals surface area (Å²) in [4.78, 5) is 29.6. The SMILES string of the molecule is CO[C@@H]1C[C@@H](c2nncn2C)N(C(=O)c2cc(C(C)C)[nH]c(=O)c2)C1. The normalized spacial score (nSPS) is 20.4. The van der Waals surface area contributed by atoms with Crippen molar-refractivity contribution in [2.24, 2.45) is 7.05 Å². The maximum Gasteiger partial charge on any atom is 0.254 e. The van der Waals surface area contributed by atoms with Gasteiger partial charge in [-0.2, -0.15) is 0 Å². The Bertz CT molecular complexity index is 826.